The second kappa shape index (κ2) is 13.0. The van der Waals surface area contributed by atoms with Crippen LogP contribution < -0.4 is 0 Å². The van der Waals surface area contributed by atoms with Gasteiger partial charge in [-0.05, 0) is 65.9 Å². The van der Waals surface area contributed by atoms with Gasteiger partial charge in [0.05, 0.1) is 22.1 Å². The third kappa shape index (κ3) is 6.15. The van der Waals surface area contributed by atoms with E-state index in [1.165, 1.54) is 6.33 Å². The summed E-state index contributed by atoms with van der Waals surface area (Å²) in [5, 5.41) is 0.793. The molecule has 0 spiro atoms. The molecule has 4 atom stereocenters. The highest BCUT2D eigenvalue weighted by Gasteiger charge is 2.60. The van der Waals surface area contributed by atoms with E-state index < -0.39 is 41.9 Å². The lowest BCUT2D eigenvalue weighted by Gasteiger charge is -2.35. The number of carbonyl (C=O) groups is 3. The Morgan fingerprint density at radius 3 is 2.02 bits per heavy atom. The number of hydrogen-bond acceptors (Lipinski definition) is 9. The predicted molar refractivity (Wildman–Crippen MR) is 172 cm³/mol. The Bertz CT molecular complexity index is 1860. The zero-order valence-corrected chi connectivity index (χ0v) is 26.6. The molecular weight excluding hydrogens is 713 g/mol. The molecule has 0 N–H and O–H groups in total. The van der Waals surface area contributed by atoms with Crippen molar-refractivity contribution in [1.29, 1.82) is 0 Å². The Hall–Kier alpha value is -4.33. The molecule has 228 valence electrons. The molecule has 3 heterocycles. The maximum atomic E-state index is 13.6. The van der Waals surface area contributed by atoms with Gasteiger partial charge in [0.1, 0.15) is 29.8 Å². The van der Waals surface area contributed by atoms with Crippen molar-refractivity contribution in [3.8, 4) is 0 Å². The Morgan fingerprint density at radius 1 is 0.867 bits per heavy atom. The van der Waals surface area contributed by atoms with Crippen molar-refractivity contribution >= 4 is 63.1 Å². The Balaban J connectivity index is 1.43. The third-order valence-corrected chi connectivity index (χ3v) is 8.52. The van der Waals surface area contributed by atoms with Gasteiger partial charge in [-0.25, -0.2) is 24.4 Å². The van der Waals surface area contributed by atoms with Crippen LogP contribution in [0.3, 0.4) is 0 Å². The van der Waals surface area contributed by atoms with Crippen molar-refractivity contribution in [2.24, 2.45) is 0 Å². The second-order valence-corrected chi connectivity index (χ2v) is 11.9. The molecule has 6 rings (SSSR count). The number of esters is 3. The van der Waals surface area contributed by atoms with Crippen LogP contribution in [0.4, 0.5) is 0 Å². The van der Waals surface area contributed by atoms with Crippen molar-refractivity contribution in [1.82, 2.24) is 14.5 Å². The van der Waals surface area contributed by atoms with Gasteiger partial charge in [0, 0.05) is 9.77 Å². The highest BCUT2D eigenvalue weighted by Crippen LogP contribution is 2.46. The van der Waals surface area contributed by atoms with Gasteiger partial charge in [0.2, 0.25) is 0 Å². The normalized spacial score (nSPS) is 20.9. The van der Waals surface area contributed by atoms with Gasteiger partial charge in [0.15, 0.2) is 17.9 Å². The monoisotopic (exact) mass is 737 g/mol. The zero-order valence-electron chi connectivity index (χ0n) is 23.7. The first-order valence-corrected chi connectivity index (χ1v) is 15.3. The Labute approximate surface area is 276 Å². The van der Waals surface area contributed by atoms with E-state index in [0.29, 0.717) is 20.2 Å². The lowest BCUT2D eigenvalue weighted by atomic mass is 9.95. The van der Waals surface area contributed by atoms with Crippen LogP contribution in [0.2, 0.25) is 5.15 Å². The van der Waals surface area contributed by atoms with Crippen LogP contribution in [0.5, 0.6) is 0 Å². The fourth-order valence-electron chi connectivity index (χ4n) is 5.24. The van der Waals surface area contributed by atoms with E-state index in [9.17, 15) is 14.4 Å². The van der Waals surface area contributed by atoms with Crippen molar-refractivity contribution in [2.75, 3.05) is 6.61 Å². The van der Waals surface area contributed by atoms with E-state index in [1.807, 2.05) is 0 Å². The summed E-state index contributed by atoms with van der Waals surface area (Å²) in [4.78, 5) is 48.5. The Morgan fingerprint density at radius 2 is 1.42 bits per heavy atom. The molecule has 2 aromatic heterocycles. The standard InChI is InChI=1S/C33H25ClIN3O7/c1-33(45-31(41)22-15-9-4-10-16-22)26(44-30(40)21-13-7-3-8-14-21)24(18-42-29(39)20-11-5-2-6-12-20)43-32(33)38-17-23(35)25-27(34)36-19-37-28(25)38/h2-17,19,24,26,32H,18H2,1H3/t24-,26?,32-,33-/m1/s1. The van der Waals surface area contributed by atoms with Crippen LogP contribution in [0, 0.1) is 3.57 Å². The van der Waals surface area contributed by atoms with E-state index in [2.05, 4.69) is 32.6 Å². The summed E-state index contributed by atoms with van der Waals surface area (Å²) in [5.74, 6) is -1.95. The summed E-state index contributed by atoms with van der Waals surface area (Å²) < 4.78 is 26.9. The van der Waals surface area contributed by atoms with Crippen LogP contribution >= 0.6 is 34.2 Å². The minimum absolute atomic E-state index is 0.226. The summed E-state index contributed by atoms with van der Waals surface area (Å²) >= 11 is 8.54. The molecule has 5 aromatic rings. The first kappa shape index (κ1) is 30.7. The number of aromatic nitrogens is 3. The molecule has 3 aromatic carbocycles. The SMILES string of the molecule is C[C@@]1(OC(=O)c2ccccc2)C(OC(=O)c2ccccc2)[C@@H](COC(=O)c2ccccc2)O[C@H]1n1cc(I)c2c(Cl)ncnc21. The average molecular weight is 738 g/mol. The smallest absolute Gasteiger partial charge is 0.338 e. The van der Waals surface area contributed by atoms with E-state index in [1.54, 1.807) is 109 Å². The summed E-state index contributed by atoms with van der Waals surface area (Å²) in [7, 11) is 0. The number of halogens is 2. The molecule has 0 radical (unpaired) electrons. The molecule has 10 nitrogen and oxygen atoms in total. The minimum Gasteiger partial charge on any atom is -0.459 e. The molecule has 1 aliphatic rings. The van der Waals surface area contributed by atoms with Gasteiger partial charge in [-0.2, -0.15) is 0 Å². The van der Waals surface area contributed by atoms with E-state index in [-0.39, 0.29) is 22.9 Å². The first-order chi connectivity index (χ1) is 21.8. The quantitative estimate of drug-likeness (QED) is 0.0785. The molecule has 1 saturated heterocycles. The largest absolute Gasteiger partial charge is 0.459 e. The number of hydrogen-bond donors (Lipinski definition) is 0. The van der Waals surface area contributed by atoms with Gasteiger partial charge >= 0.3 is 17.9 Å². The zero-order chi connectivity index (χ0) is 31.6. The molecule has 0 bridgehead atoms. The van der Waals surface area contributed by atoms with Gasteiger partial charge in [0.25, 0.3) is 0 Å². The minimum atomic E-state index is -1.66. The second-order valence-electron chi connectivity index (χ2n) is 10.4. The van der Waals surface area contributed by atoms with Crippen molar-refractivity contribution in [3.05, 3.63) is 129 Å². The maximum absolute atomic E-state index is 13.6. The molecular formula is C33H25ClIN3O7. The molecule has 45 heavy (non-hydrogen) atoms. The average Bonchev–Trinajstić information content (AvgIpc) is 3.54. The highest BCUT2D eigenvalue weighted by atomic mass is 127. The van der Waals surface area contributed by atoms with Crippen molar-refractivity contribution < 1.29 is 33.3 Å². The maximum Gasteiger partial charge on any atom is 0.338 e. The predicted octanol–water partition coefficient (Wildman–Crippen LogP) is 6.29. The van der Waals surface area contributed by atoms with Crippen LogP contribution in [-0.2, 0) is 18.9 Å². The summed E-state index contributed by atoms with van der Waals surface area (Å²) in [5.41, 5.74) is -0.366. The lowest BCUT2D eigenvalue weighted by molar-refractivity contribution is -0.108. The lowest BCUT2D eigenvalue weighted by Crippen LogP contribution is -2.50. The molecule has 12 heteroatoms. The van der Waals surface area contributed by atoms with E-state index in [0.717, 1.165) is 0 Å². The van der Waals surface area contributed by atoms with Gasteiger partial charge in [-0.15, -0.1) is 0 Å². The summed E-state index contributed by atoms with van der Waals surface area (Å²) in [6, 6.07) is 25.3. The number of fused-ring (bicyclic) bond motifs is 1. The summed E-state index contributed by atoms with van der Waals surface area (Å²) in [6.07, 6.45) is -0.350. The fraction of sp³-hybridized carbons (Fsp3) is 0.182. The van der Waals surface area contributed by atoms with Crippen LogP contribution in [0.1, 0.15) is 44.2 Å². The van der Waals surface area contributed by atoms with Crippen LogP contribution in [0.15, 0.2) is 104 Å². The van der Waals surface area contributed by atoms with Crippen LogP contribution in [-0.4, -0.2) is 56.9 Å². The first-order valence-electron chi connectivity index (χ1n) is 13.8. The Kier molecular flexibility index (Phi) is 8.83. The van der Waals surface area contributed by atoms with E-state index in [4.69, 9.17) is 30.5 Å². The molecule has 0 amide bonds. The highest BCUT2D eigenvalue weighted by molar-refractivity contribution is 14.1. The number of benzene rings is 3. The topological polar surface area (TPSA) is 119 Å². The third-order valence-electron chi connectivity index (χ3n) is 7.42. The number of carbonyl (C=O) groups excluding carboxylic acids is 3. The molecule has 1 unspecified atom stereocenters. The van der Waals surface area contributed by atoms with E-state index >= 15 is 0 Å². The van der Waals surface area contributed by atoms with Gasteiger partial charge in [-0.3, -0.25) is 0 Å². The number of ether oxygens (including phenoxy) is 4. The van der Waals surface area contributed by atoms with Crippen LogP contribution in [0.25, 0.3) is 11.0 Å². The molecule has 0 saturated carbocycles. The molecule has 1 fully saturated rings. The fourth-order valence-corrected chi connectivity index (χ4v) is 6.43. The number of rotatable bonds is 8. The van der Waals surface area contributed by atoms with Crippen molar-refractivity contribution in [2.45, 2.75) is 31.0 Å². The molecule has 0 aliphatic carbocycles. The molecule has 1 aliphatic heterocycles. The van der Waals surface area contributed by atoms with Gasteiger partial charge in [-0.1, -0.05) is 66.2 Å². The van der Waals surface area contributed by atoms with Crippen molar-refractivity contribution in [3.63, 3.8) is 0 Å². The number of nitrogens with zero attached hydrogens (tertiary/aromatic N) is 3. The summed E-state index contributed by atoms with van der Waals surface area (Å²) in [6.45, 7) is 1.30. The van der Waals surface area contributed by atoms with Gasteiger partial charge < -0.3 is 23.5 Å².